The van der Waals surface area contributed by atoms with Crippen LogP contribution in [0.15, 0.2) is 46.9 Å². The molecule has 0 fully saturated rings. The van der Waals surface area contributed by atoms with E-state index in [4.69, 9.17) is 23.8 Å². The van der Waals surface area contributed by atoms with Gasteiger partial charge in [-0.15, -0.1) is 0 Å². The zero-order valence-electron chi connectivity index (χ0n) is 9.19. The van der Waals surface area contributed by atoms with E-state index in [-0.39, 0.29) is 5.78 Å². The van der Waals surface area contributed by atoms with Crippen LogP contribution in [0.25, 0.3) is 0 Å². The first-order chi connectivity index (χ1) is 8.61. The third-order valence-corrected chi connectivity index (χ3v) is 3.58. The van der Waals surface area contributed by atoms with Gasteiger partial charge >= 0.3 is 0 Å². The van der Waals surface area contributed by atoms with Gasteiger partial charge in [-0.3, -0.25) is 4.79 Å². The molecule has 0 unspecified atom stereocenters. The van der Waals surface area contributed by atoms with Crippen LogP contribution in [0.1, 0.15) is 21.5 Å². The second kappa shape index (κ2) is 5.74. The summed E-state index contributed by atoms with van der Waals surface area (Å²) in [4.78, 5) is 12.3. The summed E-state index contributed by atoms with van der Waals surface area (Å²) in [7, 11) is 0. The molecule has 4 heteroatoms. The summed E-state index contributed by atoms with van der Waals surface area (Å²) in [6.07, 6.45) is 0. The Morgan fingerprint density at radius 1 is 1.17 bits per heavy atom. The van der Waals surface area contributed by atoms with Gasteiger partial charge in [-0.1, -0.05) is 64.0 Å². The number of halogens is 2. The molecule has 0 aromatic heterocycles. The van der Waals surface area contributed by atoms with Crippen LogP contribution in [0.5, 0.6) is 0 Å². The zero-order valence-corrected chi connectivity index (χ0v) is 12.3. The molecule has 2 aromatic carbocycles. The van der Waals surface area contributed by atoms with Crippen LogP contribution < -0.4 is 0 Å². The largest absolute Gasteiger partial charge is 0.289 e. The van der Waals surface area contributed by atoms with Crippen molar-refractivity contribution in [2.24, 2.45) is 0 Å². The van der Waals surface area contributed by atoms with Gasteiger partial charge in [0, 0.05) is 21.0 Å². The van der Waals surface area contributed by atoms with Crippen LogP contribution >= 0.6 is 39.7 Å². The average molecular weight is 340 g/mol. The summed E-state index contributed by atoms with van der Waals surface area (Å²) in [6, 6.07) is 12.3. The lowest BCUT2D eigenvalue weighted by atomic mass is 10.0. The van der Waals surface area contributed by atoms with Gasteiger partial charge in [-0.2, -0.15) is 0 Å². The Morgan fingerprint density at radius 3 is 2.44 bits per heavy atom. The molecule has 1 nitrogen and oxygen atoms in total. The van der Waals surface area contributed by atoms with E-state index in [1.807, 2.05) is 12.1 Å². The fourth-order valence-electron chi connectivity index (χ4n) is 1.54. The SMILES string of the molecule is O=C(c1ccc(C=S)cc1)c1cc(Br)ccc1Cl. The highest BCUT2D eigenvalue weighted by Crippen LogP contribution is 2.23. The van der Waals surface area contributed by atoms with Crippen LogP contribution in [0.3, 0.4) is 0 Å². The first kappa shape index (κ1) is 13.4. The van der Waals surface area contributed by atoms with Crippen molar-refractivity contribution < 1.29 is 4.79 Å². The van der Waals surface area contributed by atoms with Crippen LogP contribution in [0.4, 0.5) is 0 Å². The lowest BCUT2D eigenvalue weighted by Gasteiger charge is -2.04. The quantitative estimate of drug-likeness (QED) is 0.596. The standard InChI is InChI=1S/C14H8BrClOS/c15-11-5-6-13(16)12(7-11)14(17)10-3-1-9(8-18)2-4-10/h1-8H. The number of ketones is 1. The summed E-state index contributed by atoms with van der Waals surface area (Å²) < 4.78 is 0.825. The number of carbonyl (C=O) groups excluding carboxylic acids is 1. The van der Waals surface area contributed by atoms with Crippen molar-refractivity contribution in [3.8, 4) is 0 Å². The van der Waals surface area contributed by atoms with Gasteiger partial charge < -0.3 is 0 Å². The van der Waals surface area contributed by atoms with E-state index in [1.165, 1.54) is 0 Å². The number of thiocarbonyl (C=S) groups is 1. The third kappa shape index (κ3) is 2.86. The number of rotatable bonds is 3. The Kier molecular flexibility index (Phi) is 4.27. The first-order valence-electron chi connectivity index (χ1n) is 5.17. The molecule has 0 saturated carbocycles. The minimum Gasteiger partial charge on any atom is -0.289 e. The monoisotopic (exact) mass is 338 g/mol. The molecular weight excluding hydrogens is 332 g/mol. The molecule has 0 saturated heterocycles. The maximum Gasteiger partial charge on any atom is 0.194 e. The van der Waals surface area contributed by atoms with Gasteiger partial charge in [0.2, 0.25) is 0 Å². The van der Waals surface area contributed by atoms with Gasteiger partial charge in [0.15, 0.2) is 5.78 Å². The normalized spacial score (nSPS) is 10.1. The molecular formula is C14H8BrClOS. The maximum atomic E-state index is 12.3. The Morgan fingerprint density at radius 2 is 1.83 bits per heavy atom. The fourth-order valence-corrected chi connectivity index (χ4v) is 2.26. The van der Waals surface area contributed by atoms with Crippen LogP contribution in [0, 0.1) is 0 Å². The fraction of sp³-hybridized carbons (Fsp3) is 0. The van der Waals surface area contributed by atoms with Crippen molar-refractivity contribution in [1.82, 2.24) is 0 Å². The van der Waals surface area contributed by atoms with Crippen molar-refractivity contribution in [3.05, 3.63) is 68.7 Å². The predicted molar refractivity (Wildman–Crippen MR) is 81.8 cm³/mol. The van der Waals surface area contributed by atoms with Crippen molar-refractivity contribution in [3.63, 3.8) is 0 Å². The number of hydrogen-bond acceptors (Lipinski definition) is 2. The average Bonchev–Trinajstić information content (AvgIpc) is 2.41. The van der Waals surface area contributed by atoms with E-state index in [1.54, 1.807) is 35.7 Å². The lowest BCUT2D eigenvalue weighted by Crippen LogP contribution is -2.02. The highest BCUT2D eigenvalue weighted by Gasteiger charge is 2.13. The molecule has 0 aliphatic carbocycles. The minimum atomic E-state index is -0.0998. The topological polar surface area (TPSA) is 17.1 Å². The molecule has 0 bridgehead atoms. The molecule has 0 aliphatic rings. The molecule has 0 radical (unpaired) electrons. The van der Waals surface area contributed by atoms with E-state index >= 15 is 0 Å². The van der Waals surface area contributed by atoms with E-state index in [0.717, 1.165) is 10.0 Å². The second-order valence-corrected chi connectivity index (χ2v) is 5.25. The maximum absolute atomic E-state index is 12.3. The summed E-state index contributed by atoms with van der Waals surface area (Å²) in [5.41, 5.74) is 1.98. The van der Waals surface area contributed by atoms with Crippen molar-refractivity contribution >= 4 is 50.9 Å². The summed E-state index contributed by atoms with van der Waals surface area (Å²) in [6.45, 7) is 0. The molecule has 0 N–H and O–H groups in total. The lowest BCUT2D eigenvalue weighted by molar-refractivity contribution is 0.103. The summed E-state index contributed by atoms with van der Waals surface area (Å²) >= 11 is 14.2. The number of benzene rings is 2. The smallest absolute Gasteiger partial charge is 0.194 e. The summed E-state index contributed by atoms with van der Waals surface area (Å²) in [5.74, 6) is -0.0998. The van der Waals surface area contributed by atoms with E-state index in [0.29, 0.717) is 16.1 Å². The summed E-state index contributed by atoms with van der Waals surface area (Å²) in [5, 5.41) is 2.02. The van der Waals surface area contributed by atoms with Gasteiger partial charge in [-0.25, -0.2) is 0 Å². The minimum absolute atomic E-state index is 0.0998. The van der Waals surface area contributed by atoms with Crippen LogP contribution in [-0.2, 0) is 0 Å². The molecule has 2 aromatic rings. The molecule has 0 aliphatic heterocycles. The van der Waals surface area contributed by atoms with Crippen LogP contribution in [-0.4, -0.2) is 11.2 Å². The molecule has 0 heterocycles. The van der Waals surface area contributed by atoms with E-state index in [9.17, 15) is 4.79 Å². The number of hydrogen-bond donors (Lipinski definition) is 0. The Hall–Kier alpha value is -1.03. The molecule has 90 valence electrons. The zero-order chi connectivity index (χ0) is 13.1. The van der Waals surface area contributed by atoms with E-state index in [2.05, 4.69) is 15.9 Å². The number of carbonyl (C=O) groups is 1. The van der Waals surface area contributed by atoms with Crippen molar-refractivity contribution in [2.45, 2.75) is 0 Å². The van der Waals surface area contributed by atoms with Gasteiger partial charge in [0.05, 0.1) is 5.02 Å². The highest BCUT2D eigenvalue weighted by atomic mass is 79.9. The Labute approximate surface area is 124 Å². The predicted octanol–water partition coefficient (Wildman–Crippen LogP) is 4.68. The third-order valence-electron chi connectivity index (χ3n) is 2.48. The molecule has 0 atom stereocenters. The Bertz CT molecular complexity index is 608. The molecule has 0 spiro atoms. The highest BCUT2D eigenvalue weighted by molar-refractivity contribution is 9.10. The van der Waals surface area contributed by atoms with Crippen LogP contribution in [0.2, 0.25) is 5.02 Å². The molecule has 2 rings (SSSR count). The van der Waals surface area contributed by atoms with Gasteiger partial charge in [-0.05, 0) is 23.8 Å². The molecule has 0 amide bonds. The van der Waals surface area contributed by atoms with Crippen molar-refractivity contribution in [1.29, 1.82) is 0 Å². The second-order valence-electron chi connectivity index (χ2n) is 3.69. The Balaban J connectivity index is 2.40. The van der Waals surface area contributed by atoms with Crippen molar-refractivity contribution in [2.75, 3.05) is 0 Å². The van der Waals surface area contributed by atoms with E-state index < -0.39 is 0 Å². The first-order valence-corrected chi connectivity index (χ1v) is 6.81. The van der Waals surface area contributed by atoms with Gasteiger partial charge in [0.1, 0.15) is 0 Å². The molecule has 18 heavy (non-hydrogen) atoms. The van der Waals surface area contributed by atoms with Gasteiger partial charge in [0.25, 0.3) is 0 Å².